The molecule has 0 aliphatic heterocycles. The normalized spacial score (nSPS) is 12.2. The van der Waals surface area contributed by atoms with Gasteiger partial charge in [0.05, 0.1) is 25.4 Å². The Bertz CT molecular complexity index is 715. The molecule has 5 nitrogen and oxygen atoms in total. The van der Waals surface area contributed by atoms with Crippen LogP contribution in [0.25, 0.3) is 6.08 Å². The first-order valence-electron chi connectivity index (χ1n) is 5.70. The third kappa shape index (κ3) is 1.92. The van der Waals surface area contributed by atoms with Crippen molar-refractivity contribution in [1.82, 2.24) is 0 Å². The van der Waals surface area contributed by atoms with Crippen molar-refractivity contribution in [1.29, 1.82) is 10.5 Å². The van der Waals surface area contributed by atoms with E-state index >= 15 is 0 Å². The van der Waals surface area contributed by atoms with E-state index < -0.39 is 5.78 Å². The van der Waals surface area contributed by atoms with Crippen LogP contribution in [0.1, 0.15) is 15.9 Å². The molecule has 1 aromatic rings. The number of nitrogens with zero attached hydrogens (tertiary/aromatic N) is 2. The summed E-state index contributed by atoms with van der Waals surface area (Å²) in [6.07, 6.45) is 3.09. The molecule has 1 aliphatic carbocycles. The van der Waals surface area contributed by atoms with Crippen LogP contribution in [-0.2, 0) is 0 Å². The van der Waals surface area contributed by atoms with E-state index in [4.69, 9.17) is 20.0 Å². The molecule has 0 saturated carbocycles. The molecule has 0 N–H and O–H groups in total. The molecule has 0 heterocycles. The number of hydrogen-bond acceptors (Lipinski definition) is 5. The van der Waals surface area contributed by atoms with Gasteiger partial charge in [-0.3, -0.25) is 4.79 Å². The summed E-state index contributed by atoms with van der Waals surface area (Å²) in [4.78, 5) is 12.5. The summed E-state index contributed by atoms with van der Waals surface area (Å²) in [5, 5.41) is 17.8. The molecular formula is C15H10N2O3. The predicted octanol–water partition coefficient (Wildman–Crippen LogP) is 2.26. The second kappa shape index (κ2) is 5.29. The molecular weight excluding hydrogens is 256 g/mol. The Labute approximate surface area is 116 Å². The van der Waals surface area contributed by atoms with E-state index in [-0.39, 0.29) is 11.1 Å². The molecule has 0 bridgehead atoms. The maximum absolute atomic E-state index is 12.5. The van der Waals surface area contributed by atoms with Gasteiger partial charge in [-0.2, -0.15) is 10.5 Å². The number of rotatable bonds is 2. The fraction of sp³-hybridized carbons (Fsp3) is 0.133. The zero-order valence-electron chi connectivity index (χ0n) is 10.9. The van der Waals surface area contributed by atoms with Gasteiger partial charge in [0.2, 0.25) is 0 Å². The number of Topliss-reactive ketones (excluding diaryl/α,β-unsaturated/α-hetero) is 1. The minimum absolute atomic E-state index is 0.0639. The van der Waals surface area contributed by atoms with E-state index in [0.29, 0.717) is 22.6 Å². The van der Waals surface area contributed by atoms with Gasteiger partial charge < -0.3 is 9.47 Å². The summed E-state index contributed by atoms with van der Waals surface area (Å²) in [6, 6.07) is 6.76. The van der Waals surface area contributed by atoms with Gasteiger partial charge in [-0.05, 0) is 24.3 Å². The van der Waals surface area contributed by atoms with Crippen molar-refractivity contribution in [3.05, 3.63) is 40.5 Å². The Kier molecular flexibility index (Phi) is 3.54. The van der Waals surface area contributed by atoms with Crippen LogP contribution in [0.15, 0.2) is 29.4 Å². The summed E-state index contributed by atoms with van der Waals surface area (Å²) in [5.74, 6) is 0.485. The summed E-state index contributed by atoms with van der Waals surface area (Å²) >= 11 is 0. The summed E-state index contributed by atoms with van der Waals surface area (Å²) in [5.41, 5.74) is 0.721. The zero-order chi connectivity index (χ0) is 14.7. The van der Waals surface area contributed by atoms with Crippen molar-refractivity contribution in [2.75, 3.05) is 14.2 Å². The molecule has 1 aliphatic rings. The summed E-state index contributed by atoms with van der Waals surface area (Å²) in [7, 11) is 2.95. The molecule has 5 heteroatoms. The van der Waals surface area contributed by atoms with Crippen LogP contribution in [0.5, 0.6) is 11.5 Å². The van der Waals surface area contributed by atoms with Gasteiger partial charge in [-0.25, -0.2) is 0 Å². The Hall–Kier alpha value is -3.05. The third-order valence-electron chi connectivity index (χ3n) is 2.99. The molecule has 2 rings (SSSR count). The lowest BCUT2D eigenvalue weighted by molar-refractivity contribution is 0.103. The summed E-state index contributed by atoms with van der Waals surface area (Å²) < 4.78 is 10.4. The van der Waals surface area contributed by atoms with Gasteiger partial charge in [0.25, 0.3) is 0 Å². The highest BCUT2D eigenvalue weighted by Gasteiger charge is 2.27. The van der Waals surface area contributed by atoms with E-state index in [0.717, 1.165) is 0 Å². The number of hydrogen-bond donors (Lipinski definition) is 0. The van der Waals surface area contributed by atoms with Crippen LogP contribution < -0.4 is 9.47 Å². The maximum Gasteiger partial charge on any atom is 0.199 e. The van der Waals surface area contributed by atoms with Gasteiger partial charge in [0.1, 0.15) is 29.2 Å². The Balaban J connectivity index is 2.76. The fourth-order valence-electron chi connectivity index (χ4n) is 2.05. The van der Waals surface area contributed by atoms with Gasteiger partial charge >= 0.3 is 0 Å². The number of methoxy groups -OCH3 is 2. The van der Waals surface area contributed by atoms with E-state index in [1.165, 1.54) is 20.3 Å². The minimum atomic E-state index is -0.420. The molecule has 98 valence electrons. The number of ketones is 1. The predicted molar refractivity (Wildman–Crippen MR) is 71.2 cm³/mol. The van der Waals surface area contributed by atoms with Crippen molar-refractivity contribution < 1.29 is 14.3 Å². The number of benzene rings is 1. The topological polar surface area (TPSA) is 83.1 Å². The first-order chi connectivity index (χ1) is 9.67. The maximum atomic E-state index is 12.5. The van der Waals surface area contributed by atoms with E-state index in [9.17, 15) is 4.79 Å². The second-order valence-corrected chi connectivity index (χ2v) is 3.93. The van der Waals surface area contributed by atoms with Crippen molar-refractivity contribution in [2.45, 2.75) is 0 Å². The lowest BCUT2D eigenvalue weighted by Gasteiger charge is -2.18. The molecule has 0 amide bonds. The molecule has 0 saturated heterocycles. The van der Waals surface area contributed by atoms with Crippen LogP contribution in [0.3, 0.4) is 0 Å². The number of carbonyl (C=O) groups excluding carboxylic acids is 1. The average Bonchev–Trinajstić information content (AvgIpc) is 2.49. The Morgan fingerprint density at radius 1 is 1.05 bits per heavy atom. The molecule has 0 unspecified atom stereocenters. The molecule has 20 heavy (non-hydrogen) atoms. The lowest BCUT2D eigenvalue weighted by Crippen LogP contribution is -2.12. The first-order valence-corrected chi connectivity index (χ1v) is 5.70. The van der Waals surface area contributed by atoms with Crippen molar-refractivity contribution in [3.8, 4) is 23.6 Å². The van der Waals surface area contributed by atoms with Crippen LogP contribution in [0, 0.1) is 22.7 Å². The average molecular weight is 266 g/mol. The van der Waals surface area contributed by atoms with Crippen LogP contribution in [-0.4, -0.2) is 20.0 Å². The number of nitriles is 2. The van der Waals surface area contributed by atoms with Crippen LogP contribution in [0.4, 0.5) is 0 Å². The minimum Gasteiger partial charge on any atom is -0.496 e. The highest BCUT2D eigenvalue weighted by molar-refractivity contribution is 6.18. The SMILES string of the molecule is COc1ccc(OC)c2c1C=CC(=C(C#N)C#N)C2=O. The Morgan fingerprint density at radius 3 is 2.20 bits per heavy atom. The van der Waals surface area contributed by atoms with Crippen LogP contribution in [0.2, 0.25) is 0 Å². The van der Waals surface area contributed by atoms with E-state index in [1.54, 1.807) is 30.3 Å². The standard InChI is InChI=1S/C15H10N2O3/c1-19-12-5-6-13(20-2)14-11(12)4-3-10(15(14)18)9(7-16)8-17/h3-6H,1-2H3. The largest absolute Gasteiger partial charge is 0.496 e. The second-order valence-electron chi connectivity index (χ2n) is 3.93. The summed E-state index contributed by atoms with van der Waals surface area (Å²) in [6.45, 7) is 0. The van der Waals surface area contributed by atoms with Gasteiger partial charge in [-0.15, -0.1) is 0 Å². The third-order valence-corrected chi connectivity index (χ3v) is 2.99. The molecule has 0 radical (unpaired) electrons. The first kappa shape index (κ1) is 13.4. The number of ether oxygens (including phenoxy) is 2. The smallest absolute Gasteiger partial charge is 0.199 e. The Morgan fingerprint density at radius 2 is 1.65 bits per heavy atom. The molecule has 0 spiro atoms. The molecule has 0 atom stereocenters. The number of allylic oxidation sites excluding steroid dienone is 3. The van der Waals surface area contributed by atoms with Gasteiger partial charge in [-0.1, -0.05) is 0 Å². The van der Waals surface area contributed by atoms with Crippen molar-refractivity contribution in [2.24, 2.45) is 0 Å². The van der Waals surface area contributed by atoms with Gasteiger partial charge in [0, 0.05) is 5.56 Å². The monoisotopic (exact) mass is 266 g/mol. The zero-order valence-corrected chi connectivity index (χ0v) is 10.9. The van der Waals surface area contributed by atoms with Crippen molar-refractivity contribution >= 4 is 11.9 Å². The van der Waals surface area contributed by atoms with Gasteiger partial charge in [0.15, 0.2) is 5.78 Å². The number of carbonyl (C=O) groups is 1. The van der Waals surface area contributed by atoms with Crippen molar-refractivity contribution in [3.63, 3.8) is 0 Å². The molecule has 0 aromatic heterocycles. The van der Waals surface area contributed by atoms with E-state index in [1.807, 2.05) is 0 Å². The molecule has 0 fully saturated rings. The fourth-order valence-corrected chi connectivity index (χ4v) is 2.05. The lowest BCUT2D eigenvalue weighted by atomic mass is 9.89. The highest BCUT2D eigenvalue weighted by atomic mass is 16.5. The molecule has 1 aromatic carbocycles. The quantitative estimate of drug-likeness (QED) is 0.605. The number of fused-ring (bicyclic) bond motifs is 1. The van der Waals surface area contributed by atoms with E-state index in [2.05, 4.69) is 0 Å². The highest BCUT2D eigenvalue weighted by Crippen LogP contribution is 2.37. The van der Waals surface area contributed by atoms with Crippen LogP contribution >= 0.6 is 0 Å².